The second-order valence-electron chi connectivity index (χ2n) is 9.79. The SMILES string of the molecule is N#Cc1ccnc(-c2ccc(-c3c4ccccc4c(-c4ccc(-c5ccnc(C#N)c5)nc4)c4ccccc34)cn2)c1. The fourth-order valence-electron chi connectivity index (χ4n) is 5.45. The number of hydrogen-bond donors (Lipinski definition) is 0. The third-order valence-corrected chi connectivity index (χ3v) is 7.36. The lowest BCUT2D eigenvalue weighted by Gasteiger charge is -2.17. The maximum Gasteiger partial charge on any atom is 0.141 e. The van der Waals surface area contributed by atoms with Crippen LogP contribution >= 0.6 is 0 Å². The van der Waals surface area contributed by atoms with Crippen molar-refractivity contribution in [2.24, 2.45) is 0 Å². The summed E-state index contributed by atoms with van der Waals surface area (Å²) in [5.74, 6) is 0. The Morgan fingerprint density at radius 2 is 1.02 bits per heavy atom. The lowest BCUT2D eigenvalue weighted by Crippen LogP contribution is -1.93. The molecule has 0 bridgehead atoms. The van der Waals surface area contributed by atoms with E-state index >= 15 is 0 Å². The molecule has 0 radical (unpaired) electrons. The molecule has 0 spiro atoms. The third kappa shape index (κ3) is 4.30. The van der Waals surface area contributed by atoms with Crippen molar-refractivity contribution in [3.05, 3.63) is 133 Å². The van der Waals surface area contributed by atoms with Gasteiger partial charge in [-0.05, 0) is 69.1 Å². The molecule has 4 aromatic heterocycles. The highest BCUT2D eigenvalue weighted by molar-refractivity contribution is 6.21. The van der Waals surface area contributed by atoms with Gasteiger partial charge in [-0.15, -0.1) is 0 Å². The minimum absolute atomic E-state index is 0.362. The average Bonchev–Trinajstić information content (AvgIpc) is 3.07. The van der Waals surface area contributed by atoms with Crippen LogP contribution in [0.5, 0.6) is 0 Å². The van der Waals surface area contributed by atoms with Gasteiger partial charge in [-0.3, -0.25) is 15.0 Å². The van der Waals surface area contributed by atoms with E-state index < -0.39 is 0 Å². The minimum Gasteiger partial charge on any atom is -0.256 e. The van der Waals surface area contributed by atoms with Gasteiger partial charge in [0.05, 0.1) is 28.7 Å². The number of rotatable bonds is 4. The first kappa shape index (κ1) is 24.8. The number of fused-ring (bicyclic) bond motifs is 2. The van der Waals surface area contributed by atoms with Crippen LogP contribution < -0.4 is 0 Å². The molecule has 194 valence electrons. The van der Waals surface area contributed by atoms with Crippen molar-refractivity contribution in [2.45, 2.75) is 0 Å². The van der Waals surface area contributed by atoms with Gasteiger partial charge in [0.2, 0.25) is 0 Å². The molecule has 0 fully saturated rings. The van der Waals surface area contributed by atoms with Crippen molar-refractivity contribution < 1.29 is 0 Å². The van der Waals surface area contributed by atoms with Crippen molar-refractivity contribution in [1.82, 2.24) is 19.9 Å². The van der Waals surface area contributed by atoms with Crippen LogP contribution in [0.2, 0.25) is 0 Å². The Morgan fingerprint density at radius 3 is 1.55 bits per heavy atom. The number of hydrogen-bond acceptors (Lipinski definition) is 6. The highest BCUT2D eigenvalue weighted by Gasteiger charge is 2.17. The number of nitrogens with zero attached hydrogens (tertiary/aromatic N) is 6. The Morgan fingerprint density at radius 1 is 0.452 bits per heavy atom. The van der Waals surface area contributed by atoms with Crippen LogP contribution in [-0.2, 0) is 0 Å². The molecule has 0 aliphatic heterocycles. The first-order valence-corrected chi connectivity index (χ1v) is 13.3. The van der Waals surface area contributed by atoms with Crippen molar-refractivity contribution >= 4 is 21.5 Å². The molecule has 0 atom stereocenters. The standard InChI is InChI=1S/C36H20N6/c37-19-23-13-15-40-34(17-23)33-12-10-26(22-42-33)36-30-7-3-1-5-28(30)35(29-6-2-4-8-31(29)36)25-9-11-32(41-21-25)24-14-16-39-27(18-24)20-38/h1-18,21-22H. The third-order valence-electron chi connectivity index (χ3n) is 7.36. The van der Waals surface area contributed by atoms with Gasteiger partial charge in [-0.1, -0.05) is 60.7 Å². The fraction of sp³-hybridized carbons (Fsp3) is 0. The molecule has 7 rings (SSSR count). The van der Waals surface area contributed by atoms with Crippen molar-refractivity contribution in [1.29, 1.82) is 10.5 Å². The Hall–Kier alpha value is -6.24. The lowest BCUT2D eigenvalue weighted by atomic mass is 9.86. The van der Waals surface area contributed by atoms with Gasteiger partial charge in [0.1, 0.15) is 11.8 Å². The maximum absolute atomic E-state index is 9.28. The average molecular weight is 537 g/mol. The summed E-state index contributed by atoms with van der Waals surface area (Å²) >= 11 is 0. The van der Waals surface area contributed by atoms with Crippen LogP contribution in [-0.4, -0.2) is 19.9 Å². The quantitative estimate of drug-likeness (QED) is 0.211. The Bertz CT molecular complexity index is 1990. The highest BCUT2D eigenvalue weighted by Crippen LogP contribution is 2.43. The zero-order chi connectivity index (χ0) is 28.5. The van der Waals surface area contributed by atoms with Crippen molar-refractivity contribution in [3.8, 4) is 57.0 Å². The lowest BCUT2D eigenvalue weighted by molar-refractivity contribution is 1.24. The van der Waals surface area contributed by atoms with Crippen LogP contribution in [0.15, 0.2) is 122 Å². The second-order valence-corrected chi connectivity index (χ2v) is 9.79. The molecule has 7 aromatic rings. The van der Waals surface area contributed by atoms with Crippen LogP contribution in [0.3, 0.4) is 0 Å². The summed E-state index contributed by atoms with van der Waals surface area (Å²) in [6, 6.07) is 36.2. The molecular weight excluding hydrogens is 516 g/mol. The van der Waals surface area contributed by atoms with Crippen LogP contribution in [0.1, 0.15) is 11.3 Å². The predicted molar refractivity (Wildman–Crippen MR) is 164 cm³/mol. The molecule has 6 heteroatoms. The smallest absolute Gasteiger partial charge is 0.141 e. The van der Waals surface area contributed by atoms with Gasteiger partial charge < -0.3 is 0 Å². The van der Waals surface area contributed by atoms with Gasteiger partial charge >= 0.3 is 0 Å². The van der Waals surface area contributed by atoms with Gasteiger partial charge in [0.25, 0.3) is 0 Å². The first-order chi connectivity index (χ1) is 20.7. The predicted octanol–water partition coefficient (Wildman–Crippen LogP) is 7.98. The summed E-state index contributed by atoms with van der Waals surface area (Å²) in [5, 5.41) is 23.0. The Balaban J connectivity index is 1.38. The fourth-order valence-corrected chi connectivity index (χ4v) is 5.45. The molecule has 0 saturated heterocycles. The first-order valence-electron chi connectivity index (χ1n) is 13.3. The van der Waals surface area contributed by atoms with E-state index in [-0.39, 0.29) is 0 Å². The zero-order valence-electron chi connectivity index (χ0n) is 22.2. The van der Waals surface area contributed by atoms with Crippen LogP contribution in [0, 0.1) is 22.7 Å². The van der Waals surface area contributed by atoms with Crippen LogP contribution in [0.25, 0.3) is 66.4 Å². The van der Waals surface area contributed by atoms with Gasteiger partial charge in [-0.25, -0.2) is 4.98 Å². The van der Waals surface area contributed by atoms with E-state index in [1.165, 1.54) is 0 Å². The topological polar surface area (TPSA) is 99.1 Å². The molecule has 0 N–H and O–H groups in total. The summed E-state index contributed by atoms with van der Waals surface area (Å²) in [6.45, 7) is 0. The number of benzene rings is 3. The normalized spacial score (nSPS) is 10.8. The molecular formula is C36H20N6. The van der Waals surface area contributed by atoms with Gasteiger partial charge in [0.15, 0.2) is 0 Å². The molecule has 4 heterocycles. The van der Waals surface area contributed by atoms with Gasteiger partial charge in [-0.2, -0.15) is 10.5 Å². The summed E-state index contributed by atoms with van der Waals surface area (Å²) in [4.78, 5) is 18.0. The van der Waals surface area contributed by atoms with E-state index in [0.717, 1.165) is 55.1 Å². The second kappa shape index (κ2) is 10.4. The Kier molecular flexibility index (Phi) is 6.13. The molecule has 3 aromatic carbocycles. The summed E-state index contributed by atoms with van der Waals surface area (Å²) in [6.07, 6.45) is 7.04. The largest absolute Gasteiger partial charge is 0.256 e. The molecule has 0 aliphatic carbocycles. The van der Waals surface area contributed by atoms with Gasteiger partial charge in [0, 0.05) is 41.5 Å². The molecule has 0 unspecified atom stereocenters. The molecule has 0 saturated carbocycles. The summed E-state index contributed by atoms with van der Waals surface area (Å²) in [7, 11) is 0. The van der Waals surface area contributed by atoms with Crippen molar-refractivity contribution in [2.75, 3.05) is 0 Å². The molecule has 6 nitrogen and oxygen atoms in total. The van der Waals surface area contributed by atoms with E-state index in [1.54, 1.807) is 30.6 Å². The maximum atomic E-state index is 9.28. The summed E-state index contributed by atoms with van der Waals surface area (Å²) in [5.41, 5.74) is 8.13. The molecule has 42 heavy (non-hydrogen) atoms. The minimum atomic E-state index is 0.362. The molecule has 0 amide bonds. The number of pyridine rings is 4. The molecule has 0 aliphatic rings. The van der Waals surface area contributed by atoms with E-state index in [0.29, 0.717) is 22.6 Å². The van der Waals surface area contributed by atoms with E-state index in [9.17, 15) is 10.5 Å². The van der Waals surface area contributed by atoms with E-state index in [1.807, 2.05) is 30.6 Å². The number of nitriles is 2. The Labute approximate surface area is 241 Å². The van der Waals surface area contributed by atoms with E-state index in [4.69, 9.17) is 9.97 Å². The van der Waals surface area contributed by atoms with E-state index in [2.05, 4.69) is 82.8 Å². The van der Waals surface area contributed by atoms with Crippen LogP contribution in [0.4, 0.5) is 0 Å². The van der Waals surface area contributed by atoms with Crippen molar-refractivity contribution in [3.63, 3.8) is 0 Å². The highest BCUT2D eigenvalue weighted by atomic mass is 14.8. The monoisotopic (exact) mass is 536 g/mol. The zero-order valence-corrected chi connectivity index (χ0v) is 22.2. The summed E-state index contributed by atoms with van der Waals surface area (Å²) < 4.78 is 0. The number of aromatic nitrogens is 4.